The van der Waals surface area contributed by atoms with Gasteiger partial charge in [-0.1, -0.05) is 12.1 Å². The van der Waals surface area contributed by atoms with E-state index in [1.54, 1.807) is 30.3 Å². The molecule has 3 heterocycles. The number of hydrogen-bond donors (Lipinski definition) is 0. The van der Waals surface area contributed by atoms with Gasteiger partial charge in [0, 0.05) is 24.8 Å². The van der Waals surface area contributed by atoms with Gasteiger partial charge < -0.3 is 9.64 Å². The van der Waals surface area contributed by atoms with Crippen molar-refractivity contribution in [2.24, 2.45) is 0 Å². The van der Waals surface area contributed by atoms with E-state index in [4.69, 9.17) is 4.74 Å². The van der Waals surface area contributed by atoms with Gasteiger partial charge in [-0.05, 0) is 26.0 Å². The van der Waals surface area contributed by atoms with Crippen LogP contribution in [0, 0.1) is 6.92 Å². The van der Waals surface area contributed by atoms with Crippen molar-refractivity contribution in [3.63, 3.8) is 0 Å². The van der Waals surface area contributed by atoms with Crippen LogP contribution in [-0.4, -0.2) is 45.3 Å². The Morgan fingerprint density at radius 1 is 1.19 bits per heavy atom. The van der Waals surface area contributed by atoms with E-state index < -0.39 is 6.43 Å². The van der Waals surface area contributed by atoms with Gasteiger partial charge in [0.2, 0.25) is 5.95 Å². The van der Waals surface area contributed by atoms with Crippen LogP contribution < -0.4 is 4.90 Å². The number of nitrogens with zero attached hydrogens (tertiary/aromatic N) is 5. The lowest BCUT2D eigenvalue weighted by molar-refractivity contribution is 0.0526. The Kier molecular flexibility index (Phi) is 4.28. The molecule has 0 amide bonds. The van der Waals surface area contributed by atoms with Gasteiger partial charge >= 0.3 is 0 Å². The monoisotopic (exact) mass is 359 g/mol. The fourth-order valence-corrected chi connectivity index (χ4v) is 3.22. The molecule has 0 spiro atoms. The molecule has 0 N–H and O–H groups in total. The molecule has 1 unspecified atom stereocenters. The molecule has 0 bridgehead atoms. The molecule has 1 atom stereocenters. The van der Waals surface area contributed by atoms with E-state index in [0.29, 0.717) is 48.2 Å². The van der Waals surface area contributed by atoms with Crippen molar-refractivity contribution < 1.29 is 13.5 Å². The van der Waals surface area contributed by atoms with E-state index in [1.807, 2.05) is 18.7 Å². The molecule has 1 aliphatic rings. The fourth-order valence-electron chi connectivity index (χ4n) is 3.22. The van der Waals surface area contributed by atoms with Crippen molar-refractivity contribution in [3.05, 3.63) is 41.9 Å². The summed E-state index contributed by atoms with van der Waals surface area (Å²) in [7, 11) is 0. The van der Waals surface area contributed by atoms with Crippen molar-refractivity contribution in [2.75, 3.05) is 24.6 Å². The number of fused-ring (bicyclic) bond motifs is 1. The highest BCUT2D eigenvalue weighted by Gasteiger charge is 2.23. The van der Waals surface area contributed by atoms with Crippen molar-refractivity contribution >= 4 is 17.0 Å². The molecule has 8 heteroatoms. The molecule has 1 aromatic carbocycles. The molecular formula is C18H19F2N5O. The van der Waals surface area contributed by atoms with Gasteiger partial charge in [0.15, 0.2) is 5.82 Å². The molecular weight excluding hydrogens is 340 g/mol. The van der Waals surface area contributed by atoms with Crippen molar-refractivity contribution in [3.8, 4) is 5.82 Å². The number of imidazole rings is 1. The second-order valence-corrected chi connectivity index (χ2v) is 6.39. The minimum absolute atomic E-state index is 0.0713. The topological polar surface area (TPSA) is 56.1 Å². The Labute approximate surface area is 149 Å². The number of aryl methyl sites for hydroxylation is 1. The Morgan fingerprint density at radius 3 is 2.77 bits per heavy atom. The number of alkyl halides is 2. The number of hydrogen-bond acceptors (Lipinski definition) is 5. The molecule has 1 aliphatic heterocycles. The summed E-state index contributed by atoms with van der Waals surface area (Å²) in [4.78, 5) is 15.2. The van der Waals surface area contributed by atoms with Gasteiger partial charge in [-0.15, -0.1) is 0 Å². The van der Waals surface area contributed by atoms with Crippen LogP contribution in [0.3, 0.4) is 0 Å². The number of halogens is 2. The summed E-state index contributed by atoms with van der Waals surface area (Å²) in [6, 6.07) is 8.76. The summed E-state index contributed by atoms with van der Waals surface area (Å²) in [6.07, 6.45) is -2.63. The third-order valence-electron chi connectivity index (χ3n) is 4.36. The largest absolute Gasteiger partial charge is 0.375 e. The maximum Gasteiger partial charge on any atom is 0.296 e. The highest BCUT2D eigenvalue weighted by Crippen LogP contribution is 2.28. The summed E-state index contributed by atoms with van der Waals surface area (Å²) in [6.45, 7) is 5.74. The van der Waals surface area contributed by atoms with Gasteiger partial charge in [-0.25, -0.2) is 18.7 Å². The lowest BCUT2D eigenvalue weighted by atomic mass is 10.3. The first-order chi connectivity index (χ1) is 12.5. The molecule has 4 rings (SSSR count). The van der Waals surface area contributed by atoms with Crippen LogP contribution in [0.1, 0.15) is 24.9 Å². The van der Waals surface area contributed by atoms with E-state index in [0.717, 1.165) is 0 Å². The molecule has 3 aromatic rings. The fraction of sp³-hybridized carbons (Fsp3) is 0.389. The van der Waals surface area contributed by atoms with Crippen LogP contribution >= 0.6 is 0 Å². The maximum atomic E-state index is 13.6. The predicted molar refractivity (Wildman–Crippen MR) is 94.0 cm³/mol. The number of anilines is 1. The van der Waals surface area contributed by atoms with E-state index in [2.05, 4.69) is 15.0 Å². The minimum atomic E-state index is -2.70. The van der Waals surface area contributed by atoms with Crippen molar-refractivity contribution in [2.45, 2.75) is 26.4 Å². The van der Waals surface area contributed by atoms with Crippen molar-refractivity contribution in [1.82, 2.24) is 19.5 Å². The Hall–Kier alpha value is -2.61. The first-order valence-corrected chi connectivity index (χ1v) is 8.51. The molecule has 26 heavy (non-hydrogen) atoms. The van der Waals surface area contributed by atoms with Gasteiger partial charge in [0.25, 0.3) is 6.43 Å². The van der Waals surface area contributed by atoms with Crippen LogP contribution in [0.4, 0.5) is 14.7 Å². The summed E-state index contributed by atoms with van der Waals surface area (Å²) in [5.74, 6) is 0.606. The van der Waals surface area contributed by atoms with Gasteiger partial charge in [0.1, 0.15) is 5.82 Å². The number of benzene rings is 1. The van der Waals surface area contributed by atoms with Crippen LogP contribution in [0.2, 0.25) is 0 Å². The first kappa shape index (κ1) is 16.8. The van der Waals surface area contributed by atoms with E-state index >= 15 is 0 Å². The molecule has 6 nitrogen and oxygen atoms in total. The SMILES string of the molecule is Cc1cc(-n2c(C(F)F)nc3ccccc32)nc(N2CCOC(C)C2)n1. The first-order valence-electron chi connectivity index (χ1n) is 8.51. The number of para-hydroxylation sites is 2. The zero-order valence-electron chi connectivity index (χ0n) is 14.6. The molecule has 0 saturated carbocycles. The number of morpholine rings is 1. The second kappa shape index (κ2) is 6.60. The average molecular weight is 359 g/mol. The van der Waals surface area contributed by atoms with Crippen LogP contribution in [-0.2, 0) is 4.74 Å². The van der Waals surface area contributed by atoms with Gasteiger partial charge in [-0.3, -0.25) is 4.57 Å². The lowest BCUT2D eigenvalue weighted by Gasteiger charge is -2.31. The number of aromatic nitrogens is 4. The number of rotatable bonds is 3. The third kappa shape index (κ3) is 3.01. The van der Waals surface area contributed by atoms with Gasteiger partial charge in [0.05, 0.1) is 23.7 Å². The molecule has 2 aromatic heterocycles. The van der Waals surface area contributed by atoms with Crippen LogP contribution in [0.5, 0.6) is 0 Å². The normalized spacial score (nSPS) is 18.0. The molecule has 0 radical (unpaired) electrons. The standard InChI is InChI=1S/C18H19F2N5O/c1-11-9-15(23-18(21-11)24-7-8-26-12(2)10-24)25-14-6-4-3-5-13(14)22-17(25)16(19)20/h3-6,9,12,16H,7-8,10H2,1-2H3. The third-order valence-corrected chi connectivity index (χ3v) is 4.36. The Balaban J connectivity index is 1.86. The summed E-state index contributed by atoms with van der Waals surface area (Å²) >= 11 is 0. The zero-order valence-corrected chi connectivity index (χ0v) is 14.6. The highest BCUT2D eigenvalue weighted by molar-refractivity contribution is 5.78. The Morgan fingerprint density at radius 2 is 2.00 bits per heavy atom. The van der Waals surface area contributed by atoms with E-state index in [-0.39, 0.29) is 11.9 Å². The van der Waals surface area contributed by atoms with Crippen LogP contribution in [0.25, 0.3) is 16.9 Å². The maximum absolute atomic E-state index is 13.6. The predicted octanol–water partition coefficient (Wildman–Crippen LogP) is 3.29. The molecule has 0 aliphatic carbocycles. The number of ether oxygens (including phenoxy) is 1. The summed E-state index contributed by atoms with van der Waals surface area (Å²) < 4.78 is 34.2. The van der Waals surface area contributed by atoms with E-state index in [9.17, 15) is 8.78 Å². The minimum Gasteiger partial charge on any atom is -0.375 e. The van der Waals surface area contributed by atoms with Gasteiger partial charge in [-0.2, -0.15) is 4.98 Å². The van der Waals surface area contributed by atoms with Crippen LogP contribution in [0.15, 0.2) is 30.3 Å². The molecule has 1 fully saturated rings. The van der Waals surface area contributed by atoms with E-state index in [1.165, 1.54) is 4.57 Å². The highest BCUT2D eigenvalue weighted by atomic mass is 19.3. The summed E-state index contributed by atoms with van der Waals surface area (Å²) in [5, 5.41) is 0. The quantitative estimate of drug-likeness (QED) is 0.718. The molecule has 1 saturated heterocycles. The molecule has 136 valence electrons. The second-order valence-electron chi connectivity index (χ2n) is 6.39. The lowest BCUT2D eigenvalue weighted by Crippen LogP contribution is -2.42. The smallest absolute Gasteiger partial charge is 0.296 e. The Bertz CT molecular complexity index is 942. The zero-order chi connectivity index (χ0) is 18.3. The average Bonchev–Trinajstić information content (AvgIpc) is 3.01. The summed E-state index contributed by atoms with van der Waals surface area (Å²) in [5.41, 5.74) is 1.82. The van der Waals surface area contributed by atoms with Crippen molar-refractivity contribution in [1.29, 1.82) is 0 Å².